The molecule has 0 unspecified atom stereocenters. The summed E-state index contributed by atoms with van der Waals surface area (Å²) >= 11 is 0. The molecule has 0 radical (unpaired) electrons. The molecule has 0 aromatic heterocycles. The predicted octanol–water partition coefficient (Wildman–Crippen LogP) is 2.84. The molecule has 0 aromatic carbocycles. The van der Waals surface area contributed by atoms with Crippen molar-refractivity contribution in [2.45, 2.75) is 78.3 Å². The highest BCUT2D eigenvalue weighted by atomic mass is 16.2. The van der Waals surface area contributed by atoms with Crippen molar-refractivity contribution in [1.29, 1.82) is 0 Å². The number of nitrogens with zero attached hydrogens (tertiary/aromatic N) is 1. The highest BCUT2D eigenvalue weighted by molar-refractivity contribution is 6.07. The predicted molar refractivity (Wildman–Crippen MR) is 82.6 cm³/mol. The van der Waals surface area contributed by atoms with Crippen LogP contribution in [-0.2, 0) is 4.79 Å². The first-order valence-corrected chi connectivity index (χ1v) is 7.71. The largest absolute Gasteiger partial charge is 0.351 e. The fourth-order valence-electron chi connectivity index (χ4n) is 3.23. The van der Waals surface area contributed by atoms with E-state index in [1.165, 1.54) is 0 Å². The van der Waals surface area contributed by atoms with Crippen molar-refractivity contribution < 1.29 is 4.79 Å². The van der Waals surface area contributed by atoms with Crippen molar-refractivity contribution in [1.82, 2.24) is 10.6 Å². The summed E-state index contributed by atoms with van der Waals surface area (Å²) in [7, 11) is 0. The Morgan fingerprint density at radius 1 is 1.15 bits per heavy atom. The second kappa shape index (κ2) is 4.74. The van der Waals surface area contributed by atoms with Gasteiger partial charge in [0.2, 0.25) is 0 Å². The van der Waals surface area contributed by atoms with Crippen molar-refractivity contribution in [3.63, 3.8) is 0 Å². The van der Waals surface area contributed by atoms with Crippen molar-refractivity contribution in [2.24, 2.45) is 16.3 Å². The lowest BCUT2D eigenvalue weighted by Crippen LogP contribution is -2.48. The van der Waals surface area contributed by atoms with Gasteiger partial charge in [0.1, 0.15) is 5.54 Å². The second-order valence-corrected chi connectivity index (χ2v) is 8.46. The summed E-state index contributed by atoms with van der Waals surface area (Å²) in [6.07, 6.45) is 3.92. The van der Waals surface area contributed by atoms with Crippen molar-refractivity contribution in [3.8, 4) is 0 Å². The zero-order valence-electron chi connectivity index (χ0n) is 13.8. The molecule has 1 spiro atoms. The molecule has 0 atom stereocenters. The molecule has 0 bridgehead atoms. The maximum atomic E-state index is 12.3. The summed E-state index contributed by atoms with van der Waals surface area (Å²) in [5, 5.41) is 6.20. The maximum Gasteiger partial charge on any atom is 0.254 e. The number of hydrogen-bond acceptors (Lipinski definition) is 3. The third-order valence-electron chi connectivity index (χ3n) is 4.51. The molecular formula is C16H29N3O. The number of rotatable bonds is 0. The molecule has 2 rings (SSSR count). The van der Waals surface area contributed by atoms with Crippen LogP contribution in [0.4, 0.5) is 0 Å². The maximum absolute atomic E-state index is 12.3. The molecule has 1 amide bonds. The Kier molecular flexibility index (Phi) is 3.64. The summed E-state index contributed by atoms with van der Waals surface area (Å²) in [6, 6.07) is 0. The minimum absolute atomic E-state index is 0.0802. The highest BCUT2D eigenvalue weighted by Gasteiger charge is 2.47. The Hall–Kier alpha value is -1.06. The molecule has 0 saturated heterocycles. The molecular weight excluding hydrogens is 250 g/mol. The number of amides is 1. The zero-order chi connectivity index (χ0) is 15.2. The van der Waals surface area contributed by atoms with Crippen molar-refractivity contribution in [2.75, 3.05) is 0 Å². The molecule has 4 heteroatoms. The topological polar surface area (TPSA) is 53.5 Å². The van der Waals surface area contributed by atoms with Crippen LogP contribution in [0.1, 0.15) is 67.2 Å². The van der Waals surface area contributed by atoms with Crippen LogP contribution in [0.3, 0.4) is 0 Å². The molecule has 1 aliphatic heterocycles. The van der Waals surface area contributed by atoms with E-state index in [1.807, 2.05) is 0 Å². The molecule has 1 aliphatic carbocycles. The Morgan fingerprint density at radius 3 is 2.15 bits per heavy atom. The van der Waals surface area contributed by atoms with Gasteiger partial charge in [0.15, 0.2) is 5.96 Å². The average molecular weight is 279 g/mol. The Balaban J connectivity index is 2.08. The molecule has 2 aliphatic rings. The van der Waals surface area contributed by atoms with E-state index in [0.717, 1.165) is 25.7 Å². The van der Waals surface area contributed by atoms with Crippen LogP contribution in [0.25, 0.3) is 0 Å². The number of carbonyl (C=O) groups is 1. The van der Waals surface area contributed by atoms with Gasteiger partial charge in [-0.3, -0.25) is 10.1 Å². The highest BCUT2D eigenvalue weighted by Crippen LogP contribution is 2.43. The summed E-state index contributed by atoms with van der Waals surface area (Å²) in [6.45, 7) is 13.1. The van der Waals surface area contributed by atoms with Crippen LogP contribution in [0.2, 0.25) is 0 Å². The van der Waals surface area contributed by atoms with Gasteiger partial charge in [-0.1, -0.05) is 20.8 Å². The normalized spacial score (nSPS) is 31.2. The van der Waals surface area contributed by atoms with E-state index in [-0.39, 0.29) is 11.4 Å². The van der Waals surface area contributed by atoms with E-state index in [9.17, 15) is 4.79 Å². The molecule has 4 nitrogen and oxygen atoms in total. The molecule has 2 N–H and O–H groups in total. The van der Waals surface area contributed by atoms with Gasteiger partial charge in [-0.2, -0.15) is 0 Å². The fraction of sp³-hybridized carbons (Fsp3) is 0.875. The Bertz CT molecular complexity index is 418. The molecule has 0 aromatic rings. The van der Waals surface area contributed by atoms with Gasteiger partial charge in [-0.05, 0) is 57.8 Å². The van der Waals surface area contributed by atoms with E-state index >= 15 is 0 Å². The van der Waals surface area contributed by atoms with Gasteiger partial charge >= 0.3 is 0 Å². The molecule has 1 heterocycles. The van der Waals surface area contributed by atoms with Crippen LogP contribution in [0.5, 0.6) is 0 Å². The lowest BCUT2D eigenvalue weighted by molar-refractivity contribution is -0.125. The lowest BCUT2D eigenvalue weighted by Gasteiger charge is -2.39. The molecule has 20 heavy (non-hydrogen) atoms. The molecule has 114 valence electrons. The van der Waals surface area contributed by atoms with Gasteiger partial charge in [0.25, 0.3) is 5.91 Å². The van der Waals surface area contributed by atoms with E-state index in [1.54, 1.807) is 0 Å². The van der Waals surface area contributed by atoms with Crippen LogP contribution in [0.15, 0.2) is 4.99 Å². The number of guanidine groups is 1. The first kappa shape index (κ1) is 15.3. The second-order valence-electron chi connectivity index (χ2n) is 8.46. The average Bonchev–Trinajstić information content (AvgIpc) is 2.51. The van der Waals surface area contributed by atoms with Gasteiger partial charge in [-0.15, -0.1) is 0 Å². The Morgan fingerprint density at radius 2 is 1.70 bits per heavy atom. The standard InChI is InChI=1S/C16H29N3O/c1-14(2,3)11-7-9-16(10-8-11)12(20)17-13(19-16)18-15(4,5)6/h11H,7-10H2,1-6H3,(H2,17,18,19,20). The fourth-order valence-corrected chi connectivity index (χ4v) is 3.23. The monoisotopic (exact) mass is 279 g/mol. The minimum Gasteiger partial charge on any atom is -0.351 e. The summed E-state index contributed by atoms with van der Waals surface area (Å²) in [5.41, 5.74) is -0.261. The first-order valence-electron chi connectivity index (χ1n) is 7.71. The third-order valence-corrected chi connectivity index (χ3v) is 4.51. The van der Waals surface area contributed by atoms with Crippen molar-refractivity contribution in [3.05, 3.63) is 0 Å². The summed E-state index contributed by atoms with van der Waals surface area (Å²) in [4.78, 5) is 17.0. The van der Waals surface area contributed by atoms with E-state index in [2.05, 4.69) is 52.2 Å². The first-order chi connectivity index (χ1) is 9.02. The van der Waals surface area contributed by atoms with E-state index in [4.69, 9.17) is 4.99 Å². The van der Waals surface area contributed by atoms with Gasteiger partial charge in [0.05, 0.1) is 0 Å². The SMILES string of the molecule is CC(C)(C)NC1=NC2(CCC(C(C)(C)C)CC2)C(=O)N1. The van der Waals surface area contributed by atoms with Gasteiger partial charge in [-0.25, -0.2) is 4.99 Å². The van der Waals surface area contributed by atoms with Gasteiger partial charge in [0, 0.05) is 5.54 Å². The molecule has 1 fully saturated rings. The van der Waals surface area contributed by atoms with Crippen LogP contribution < -0.4 is 10.6 Å². The quantitative estimate of drug-likeness (QED) is 0.716. The van der Waals surface area contributed by atoms with Crippen LogP contribution >= 0.6 is 0 Å². The number of aliphatic imine (C=N–C) groups is 1. The number of hydrogen-bond donors (Lipinski definition) is 2. The van der Waals surface area contributed by atoms with E-state index in [0.29, 0.717) is 17.3 Å². The van der Waals surface area contributed by atoms with Crippen molar-refractivity contribution >= 4 is 11.9 Å². The van der Waals surface area contributed by atoms with E-state index < -0.39 is 5.54 Å². The lowest BCUT2D eigenvalue weighted by atomic mass is 9.67. The number of carbonyl (C=O) groups excluding carboxylic acids is 1. The smallest absolute Gasteiger partial charge is 0.254 e. The third kappa shape index (κ3) is 3.15. The zero-order valence-corrected chi connectivity index (χ0v) is 13.8. The Labute approximate surface area is 122 Å². The number of nitrogens with one attached hydrogen (secondary N) is 2. The van der Waals surface area contributed by atoms with Gasteiger partial charge < -0.3 is 5.32 Å². The summed E-state index contributed by atoms with van der Waals surface area (Å²) in [5.74, 6) is 1.42. The minimum atomic E-state index is -0.505. The summed E-state index contributed by atoms with van der Waals surface area (Å²) < 4.78 is 0. The van der Waals surface area contributed by atoms with Crippen LogP contribution in [-0.4, -0.2) is 22.9 Å². The molecule has 1 saturated carbocycles. The van der Waals surface area contributed by atoms with Crippen LogP contribution in [0, 0.1) is 11.3 Å².